The van der Waals surface area contributed by atoms with Gasteiger partial charge < -0.3 is 9.47 Å². The summed E-state index contributed by atoms with van der Waals surface area (Å²) in [4.78, 5) is 30.9. The predicted octanol–water partition coefficient (Wildman–Crippen LogP) is 4.62. The monoisotopic (exact) mass is 403 g/mol. The zero-order chi connectivity index (χ0) is 21.1. The number of carbonyl (C=O) groups is 2. The summed E-state index contributed by atoms with van der Waals surface area (Å²) < 4.78 is 11.3. The van der Waals surface area contributed by atoms with Crippen LogP contribution in [0.5, 0.6) is 5.75 Å². The third-order valence-corrected chi connectivity index (χ3v) is 5.79. The molecule has 0 fully saturated rings. The number of ketones is 1. The Morgan fingerprint density at radius 3 is 2.57 bits per heavy atom. The molecule has 0 amide bonds. The molecule has 30 heavy (non-hydrogen) atoms. The van der Waals surface area contributed by atoms with E-state index in [-0.39, 0.29) is 18.4 Å². The average Bonchev–Trinajstić information content (AvgIpc) is 2.77. The van der Waals surface area contributed by atoms with Gasteiger partial charge in [0.15, 0.2) is 5.78 Å². The van der Waals surface area contributed by atoms with Gasteiger partial charge >= 0.3 is 5.97 Å². The number of hydrogen-bond donors (Lipinski definition) is 0. The van der Waals surface area contributed by atoms with Crippen molar-refractivity contribution >= 4 is 17.5 Å². The molecule has 1 unspecified atom stereocenters. The number of Topliss-reactive ketones (excluding diaryl/α,β-unsaturated/α-hetero) is 1. The van der Waals surface area contributed by atoms with Gasteiger partial charge in [-0.05, 0) is 31.4 Å². The first kappa shape index (κ1) is 20.1. The maximum Gasteiger partial charge on any atom is 0.315 e. The van der Waals surface area contributed by atoms with Crippen LogP contribution in [-0.4, -0.2) is 24.6 Å². The van der Waals surface area contributed by atoms with Gasteiger partial charge in [0, 0.05) is 34.9 Å². The third-order valence-electron chi connectivity index (χ3n) is 5.79. The summed E-state index contributed by atoms with van der Waals surface area (Å²) in [6, 6.07) is 17.1. The van der Waals surface area contributed by atoms with Gasteiger partial charge in [-0.3, -0.25) is 14.6 Å². The lowest BCUT2D eigenvalue weighted by molar-refractivity contribution is -0.148. The number of nitrogens with zero attached hydrogens (tertiary/aromatic N) is 1. The van der Waals surface area contributed by atoms with Crippen molar-refractivity contribution in [1.82, 2.24) is 0 Å². The second-order valence-electron chi connectivity index (χ2n) is 7.68. The summed E-state index contributed by atoms with van der Waals surface area (Å²) in [6.45, 7) is 2.03. The van der Waals surface area contributed by atoms with E-state index in [0.29, 0.717) is 23.5 Å². The van der Waals surface area contributed by atoms with E-state index in [1.165, 1.54) is 0 Å². The largest absolute Gasteiger partial charge is 0.496 e. The van der Waals surface area contributed by atoms with Crippen LogP contribution in [0.2, 0.25) is 0 Å². The van der Waals surface area contributed by atoms with Crippen molar-refractivity contribution in [3.05, 3.63) is 77.0 Å². The van der Waals surface area contributed by atoms with Crippen molar-refractivity contribution in [3.8, 4) is 5.75 Å². The van der Waals surface area contributed by atoms with Crippen molar-refractivity contribution in [2.75, 3.05) is 7.11 Å². The van der Waals surface area contributed by atoms with E-state index in [1.54, 1.807) is 7.11 Å². The molecule has 5 heteroatoms. The number of benzene rings is 2. The van der Waals surface area contributed by atoms with Gasteiger partial charge in [0.25, 0.3) is 0 Å². The van der Waals surface area contributed by atoms with Crippen molar-refractivity contribution in [1.29, 1.82) is 0 Å². The molecule has 2 atom stereocenters. The number of esters is 1. The molecule has 0 aromatic heterocycles. The zero-order valence-electron chi connectivity index (χ0n) is 17.3. The third kappa shape index (κ3) is 3.80. The van der Waals surface area contributed by atoms with Crippen LogP contribution in [0.3, 0.4) is 0 Å². The van der Waals surface area contributed by atoms with E-state index in [1.807, 2.05) is 61.5 Å². The molecule has 1 heterocycles. The molecule has 0 spiro atoms. The number of rotatable bonds is 5. The van der Waals surface area contributed by atoms with Crippen LogP contribution < -0.4 is 4.74 Å². The number of hydrogen-bond acceptors (Lipinski definition) is 5. The van der Waals surface area contributed by atoms with E-state index in [4.69, 9.17) is 9.47 Å². The van der Waals surface area contributed by atoms with Crippen LogP contribution in [0.4, 0.5) is 0 Å². The molecule has 1 aliphatic heterocycles. The first-order chi connectivity index (χ1) is 14.6. The number of carbonyl (C=O) groups excluding carboxylic acids is 2. The fourth-order valence-corrected chi connectivity index (χ4v) is 4.39. The molecule has 0 bridgehead atoms. The number of aliphatic imine (C=N–C) groups is 1. The highest BCUT2D eigenvalue weighted by molar-refractivity contribution is 6.09. The van der Waals surface area contributed by atoms with Gasteiger partial charge in [0.2, 0.25) is 0 Å². The van der Waals surface area contributed by atoms with Crippen LogP contribution in [0.1, 0.15) is 43.2 Å². The lowest BCUT2D eigenvalue weighted by Gasteiger charge is -2.35. The molecular weight excluding hydrogens is 378 g/mol. The second-order valence-corrected chi connectivity index (χ2v) is 7.68. The Hall–Kier alpha value is -3.21. The van der Waals surface area contributed by atoms with Gasteiger partial charge in [-0.25, -0.2) is 0 Å². The number of methoxy groups -OCH3 is 1. The molecule has 0 saturated carbocycles. The van der Waals surface area contributed by atoms with Crippen LogP contribution in [0.25, 0.3) is 0 Å². The van der Waals surface area contributed by atoms with Crippen LogP contribution in [0.15, 0.2) is 70.9 Å². The lowest BCUT2D eigenvalue weighted by atomic mass is 9.71. The lowest BCUT2D eigenvalue weighted by Crippen LogP contribution is -2.37. The minimum atomic E-state index is -0.661. The Morgan fingerprint density at radius 1 is 1.07 bits per heavy atom. The van der Waals surface area contributed by atoms with Gasteiger partial charge in [0.1, 0.15) is 18.3 Å². The van der Waals surface area contributed by atoms with Crippen LogP contribution in [-0.2, 0) is 20.9 Å². The Labute approximate surface area is 176 Å². The molecule has 2 aromatic rings. The molecule has 5 nitrogen and oxygen atoms in total. The topological polar surface area (TPSA) is 65.0 Å². The Morgan fingerprint density at radius 2 is 1.80 bits per heavy atom. The molecule has 1 aliphatic carbocycles. The van der Waals surface area contributed by atoms with E-state index in [9.17, 15) is 9.59 Å². The van der Waals surface area contributed by atoms with Gasteiger partial charge in [-0.2, -0.15) is 0 Å². The fraction of sp³-hybridized carbons (Fsp3) is 0.320. The first-order valence-corrected chi connectivity index (χ1v) is 10.2. The number of ether oxygens (including phenoxy) is 2. The minimum absolute atomic E-state index is 0.0595. The number of allylic oxidation sites excluding steroid dienone is 2. The average molecular weight is 403 g/mol. The molecule has 2 aliphatic rings. The number of para-hydroxylation sites is 1. The van der Waals surface area contributed by atoms with Gasteiger partial charge in [-0.15, -0.1) is 0 Å². The van der Waals surface area contributed by atoms with Crippen LogP contribution in [0, 0.1) is 5.92 Å². The summed E-state index contributed by atoms with van der Waals surface area (Å²) in [7, 11) is 1.60. The minimum Gasteiger partial charge on any atom is -0.496 e. The smallest absolute Gasteiger partial charge is 0.315 e. The summed E-state index contributed by atoms with van der Waals surface area (Å²) >= 11 is 0. The van der Waals surface area contributed by atoms with E-state index >= 15 is 0 Å². The standard InChI is InChI=1S/C25H25NO4/c1-16-22(25(28)30-15-17-9-4-3-5-10-17)23(18-11-6-7-14-21(18)29-2)24-19(26-16)12-8-13-20(24)27/h3-7,9-11,14,22-23H,8,12-13,15H2,1-2H3/t22?,23-/m1/s1. The van der Waals surface area contributed by atoms with Gasteiger partial charge in [-0.1, -0.05) is 48.5 Å². The van der Waals surface area contributed by atoms with E-state index in [2.05, 4.69) is 4.99 Å². The summed E-state index contributed by atoms with van der Waals surface area (Å²) in [6.07, 6.45) is 2.01. The SMILES string of the molecule is COc1ccccc1[C@H]1C2=C(CCCC2=O)N=C(C)C1C(=O)OCc1ccccc1. The van der Waals surface area contributed by atoms with E-state index < -0.39 is 11.8 Å². The molecule has 0 N–H and O–H groups in total. The Balaban J connectivity index is 1.74. The summed E-state index contributed by atoms with van der Waals surface area (Å²) in [5.41, 5.74) is 3.85. The zero-order valence-corrected chi connectivity index (χ0v) is 17.3. The van der Waals surface area contributed by atoms with Crippen LogP contribution >= 0.6 is 0 Å². The molecule has 154 valence electrons. The highest BCUT2D eigenvalue weighted by Crippen LogP contribution is 2.46. The van der Waals surface area contributed by atoms with Crippen molar-refractivity contribution in [2.45, 2.75) is 38.7 Å². The highest BCUT2D eigenvalue weighted by Gasteiger charge is 2.44. The van der Waals surface area contributed by atoms with E-state index in [0.717, 1.165) is 29.7 Å². The Bertz CT molecular complexity index is 1020. The fourth-order valence-electron chi connectivity index (χ4n) is 4.39. The molecule has 0 radical (unpaired) electrons. The Kier molecular flexibility index (Phi) is 5.79. The maximum atomic E-state index is 13.3. The second kappa shape index (κ2) is 8.66. The molecular formula is C25H25NO4. The van der Waals surface area contributed by atoms with Gasteiger partial charge in [0.05, 0.1) is 7.11 Å². The molecule has 0 saturated heterocycles. The molecule has 4 rings (SSSR count). The maximum absolute atomic E-state index is 13.3. The highest BCUT2D eigenvalue weighted by atomic mass is 16.5. The van der Waals surface area contributed by atoms with Crippen molar-refractivity contribution < 1.29 is 19.1 Å². The summed E-state index contributed by atoms with van der Waals surface area (Å²) in [5.74, 6) is -0.774. The van der Waals surface area contributed by atoms with Crippen molar-refractivity contribution in [3.63, 3.8) is 0 Å². The quantitative estimate of drug-likeness (QED) is 0.684. The molecule has 2 aromatic carbocycles. The normalized spacial score (nSPS) is 21.0. The predicted molar refractivity (Wildman–Crippen MR) is 114 cm³/mol. The first-order valence-electron chi connectivity index (χ1n) is 10.2. The van der Waals surface area contributed by atoms with Crippen molar-refractivity contribution in [2.24, 2.45) is 10.9 Å². The summed E-state index contributed by atoms with van der Waals surface area (Å²) in [5, 5.41) is 0.